The van der Waals surface area contributed by atoms with Crippen molar-refractivity contribution < 1.29 is 4.79 Å². The molecular formula is C39H46BrClN6O. The zero-order valence-corrected chi connectivity index (χ0v) is 30.1. The van der Waals surface area contributed by atoms with E-state index in [2.05, 4.69) is 60.4 Å². The number of alkyl halides is 1. The maximum atomic E-state index is 13.9. The number of carbonyl (C=O) groups is 1. The van der Waals surface area contributed by atoms with E-state index in [4.69, 9.17) is 16.6 Å². The number of nitrogens with one attached hydrogen (secondary N) is 1. The van der Waals surface area contributed by atoms with Crippen LogP contribution in [0.3, 0.4) is 0 Å². The van der Waals surface area contributed by atoms with Crippen LogP contribution in [0.4, 0.5) is 17.3 Å². The Kier molecular flexibility index (Phi) is 12.1. The molecule has 1 spiro atoms. The van der Waals surface area contributed by atoms with Crippen molar-refractivity contribution in [3.63, 3.8) is 0 Å². The molecule has 4 aromatic rings. The van der Waals surface area contributed by atoms with Gasteiger partial charge in [-0.05, 0) is 75.0 Å². The first-order valence-corrected chi connectivity index (χ1v) is 19.1. The van der Waals surface area contributed by atoms with E-state index in [9.17, 15) is 4.79 Å². The molecule has 252 valence electrons. The Bertz CT molecular complexity index is 1640. The summed E-state index contributed by atoms with van der Waals surface area (Å²) in [5.74, 6) is 0.657. The molecule has 2 aromatic heterocycles. The van der Waals surface area contributed by atoms with Crippen molar-refractivity contribution in [2.45, 2.75) is 70.6 Å². The normalized spacial score (nSPS) is 16.1. The molecule has 2 aromatic carbocycles. The predicted octanol–water partition coefficient (Wildman–Crippen LogP) is 9.94. The molecule has 0 unspecified atom stereocenters. The SMILES string of the molecule is O=C1N(c2cncc(Nc3ncc(Cl)c(-c4cccc(-c5ccccc5)c4)n3)c2)CCC12CCN(CCCCCCCCCCBr)CC2. The summed E-state index contributed by atoms with van der Waals surface area (Å²) in [6.45, 7) is 3.90. The van der Waals surface area contributed by atoms with E-state index in [-0.39, 0.29) is 11.3 Å². The number of likely N-dealkylation sites (tertiary alicyclic amines) is 1. The molecule has 2 aliphatic rings. The average molecular weight is 730 g/mol. The van der Waals surface area contributed by atoms with Gasteiger partial charge in [0.25, 0.3) is 0 Å². The first-order chi connectivity index (χ1) is 23.5. The molecule has 0 bridgehead atoms. The largest absolute Gasteiger partial charge is 0.323 e. The Hall–Kier alpha value is -3.33. The quantitative estimate of drug-likeness (QED) is 0.0970. The third-order valence-corrected chi connectivity index (χ3v) is 10.8. The lowest BCUT2D eigenvalue weighted by Crippen LogP contribution is -2.45. The Morgan fingerprint density at radius 2 is 1.46 bits per heavy atom. The molecule has 7 nitrogen and oxygen atoms in total. The van der Waals surface area contributed by atoms with Crippen LogP contribution in [0.2, 0.25) is 5.02 Å². The van der Waals surface area contributed by atoms with Crippen LogP contribution < -0.4 is 10.2 Å². The minimum absolute atomic E-state index is 0.240. The van der Waals surface area contributed by atoms with Gasteiger partial charge in [0.05, 0.1) is 46.1 Å². The topological polar surface area (TPSA) is 74.2 Å². The Morgan fingerprint density at radius 3 is 2.23 bits per heavy atom. The number of amides is 1. The number of aromatic nitrogens is 3. The van der Waals surface area contributed by atoms with Gasteiger partial charge in [0.15, 0.2) is 0 Å². The Balaban J connectivity index is 1.03. The van der Waals surface area contributed by atoms with Crippen LogP contribution in [-0.4, -0.2) is 57.3 Å². The fourth-order valence-electron chi connectivity index (χ4n) is 7.11. The van der Waals surface area contributed by atoms with Crippen molar-refractivity contribution >= 4 is 50.8 Å². The number of hydrogen-bond acceptors (Lipinski definition) is 6. The van der Waals surface area contributed by atoms with E-state index < -0.39 is 0 Å². The second-order valence-electron chi connectivity index (χ2n) is 13.2. The van der Waals surface area contributed by atoms with Crippen LogP contribution in [0.5, 0.6) is 0 Å². The fourth-order valence-corrected chi connectivity index (χ4v) is 7.70. The van der Waals surface area contributed by atoms with E-state index in [0.717, 1.165) is 78.8 Å². The van der Waals surface area contributed by atoms with E-state index in [0.29, 0.717) is 16.7 Å². The summed E-state index contributed by atoms with van der Waals surface area (Å²) >= 11 is 10.1. The number of benzene rings is 2. The van der Waals surface area contributed by atoms with E-state index in [1.807, 2.05) is 41.3 Å². The van der Waals surface area contributed by atoms with Crippen molar-refractivity contribution in [3.8, 4) is 22.4 Å². The minimum Gasteiger partial charge on any atom is -0.323 e. The fraction of sp³-hybridized carbons (Fsp3) is 0.436. The summed E-state index contributed by atoms with van der Waals surface area (Å²) in [5, 5.41) is 4.90. The molecule has 0 atom stereocenters. The van der Waals surface area contributed by atoms with Crippen molar-refractivity contribution in [3.05, 3.63) is 84.3 Å². The number of piperidine rings is 1. The summed E-state index contributed by atoms with van der Waals surface area (Å²) in [6, 6.07) is 20.4. The van der Waals surface area contributed by atoms with Crippen LogP contribution in [0, 0.1) is 5.41 Å². The first kappa shape index (κ1) is 34.5. The predicted molar refractivity (Wildman–Crippen MR) is 201 cm³/mol. The maximum absolute atomic E-state index is 13.9. The Morgan fingerprint density at radius 1 is 0.771 bits per heavy atom. The first-order valence-electron chi connectivity index (χ1n) is 17.6. The standard InChI is InChI=1S/C39H46BrClN6O/c40-20-10-5-3-1-2-4-6-11-21-46-22-17-39(18-23-46)19-24-47(37(39)48)34-26-33(27-42-28-34)44-38-43-29-35(41)36(45-38)32-16-12-15-31(25-32)30-13-8-7-9-14-30/h7-9,12-16,25-29H,1-6,10-11,17-24H2,(H,43,44,45). The highest BCUT2D eigenvalue weighted by molar-refractivity contribution is 9.09. The van der Waals surface area contributed by atoms with E-state index >= 15 is 0 Å². The lowest BCUT2D eigenvalue weighted by Gasteiger charge is -2.38. The van der Waals surface area contributed by atoms with E-state index in [1.165, 1.54) is 51.4 Å². The molecule has 9 heteroatoms. The highest BCUT2D eigenvalue weighted by atomic mass is 79.9. The van der Waals surface area contributed by atoms with Gasteiger partial charge in [-0.1, -0.05) is 115 Å². The van der Waals surface area contributed by atoms with E-state index in [1.54, 1.807) is 18.6 Å². The second kappa shape index (κ2) is 16.9. The van der Waals surface area contributed by atoms with Crippen molar-refractivity contribution in [1.29, 1.82) is 0 Å². The maximum Gasteiger partial charge on any atom is 0.233 e. The lowest BCUT2D eigenvalue weighted by molar-refractivity contribution is -0.128. The third kappa shape index (κ3) is 8.63. The molecular weight excluding hydrogens is 684 g/mol. The molecule has 0 aliphatic carbocycles. The summed E-state index contributed by atoms with van der Waals surface area (Å²) in [4.78, 5) is 32.1. The average Bonchev–Trinajstić information content (AvgIpc) is 3.44. The van der Waals surface area contributed by atoms with Crippen LogP contribution in [0.15, 0.2) is 79.3 Å². The minimum atomic E-state index is -0.252. The number of nitrogens with zero attached hydrogens (tertiary/aromatic N) is 5. The van der Waals surface area contributed by atoms with Gasteiger partial charge in [-0.2, -0.15) is 0 Å². The number of unbranched alkanes of at least 4 members (excludes halogenated alkanes) is 7. The molecule has 1 amide bonds. The lowest BCUT2D eigenvalue weighted by atomic mass is 9.77. The summed E-state index contributed by atoms with van der Waals surface area (Å²) < 4.78 is 0. The summed E-state index contributed by atoms with van der Waals surface area (Å²) in [6.07, 6.45) is 18.6. The van der Waals surface area contributed by atoms with Crippen LogP contribution >= 0.6 is 27.5 Å². The van der Waals surface area contributed by atoms with Gasteiger partial charge in [-0.15, -0.1) is 0 Å². The molecule has 6 rings (SSSR count). The van der Waals surface area contributed by atoms with Crippen LogP contribution in [0.1, 0.15) is 70.6 Å². The molecule has 2 fully saturated rings. The number of hydrogen-bond donors (Lipinski definition) is 1. The molecule has 48 heavy (non-hydrogen) atoms. The van der Waals surface area contributed by atoms with Gasteiger partial charge in [-0.25, -0.2) is 9.97 Å². The number of carbonyl (C=O) groups excluding carboxylic acids is 1. The van der Waals surface area contributed by atoms with Gasteiger partial charge < -0.3 is 15.1 Å². The summed E-state index contributed by atoms with van der Waals surface area (Å²) in [7, 11) is 0. The highest BCUT2D eigenvalue weighted by Gasteiger charge is 2.48. The second-order valence-corrected chi connectivity index (χ2v) is 14.4. The molecule has 4 heterocycles. The van der Waals surface area contributed by atoms with Gasteiger partial charge in [0.2, 0.25) is 11.9 Å². The van der Waals surface area contributed by atoms with Crippen LogP contribution in [0.25, 0.3) is 22.4 Å². The monoisotopic (exact) mass is 728 g/mol. The number of rotatable bonds is 15. The van der Waals surface area contributed by atoms with Crippen molar-refractivity contribution in [1.82, 2.24) is 19.9 Å². The molecule has 1 N–H and O–H groups in total. The number of anilines is 3. The number of pyridine rings is 1. The van der Waals surface area contributed by atoms with Crippen molar-refractivity contribution in [2.24, 2.45) is 5.41 Å². The molecule has 2 saturated heterocycles. The summed E-state index contributed by atoms with van der Waals surface area (Å²) in [5.41, 5.74) is 5.05. The molecule has 0 radical (unpaired) electrons. The van der Waals surface area contributed by atoms with Gasteiger partial charge in [-0.3, -0.25) is 9.78 Å². The zero-order valence-electron chi connectivity index (χ0n) is 27.7. The van der Waals surface area contributed by atoms with Gasteiger partial charge in [0.1, 0.15) is 0 Å². The van der Waals surface area contributed by atoms with Gasteiger partial charge >= 0.3 is 0 Å². The van der Waals surface area contributed by atoms with Gasteiger partial charge in [0, 0.05) is 17.4 Å². The number of halogens is 2. The third-order valence-electron chi connectivity index (χ3n) is 9.96. The highest BCUT2D eigenvalue weighted by Crippen LogP contribution is 2.43. The molecule has 2 aliphatic heterocycles. The smallest absolute Gasteiger partial charge is 0.233 e. The Labute approximate surface area is 298 Å². The van der Waals surface area contributed by atoms with Crippen LogP contribution in [-0.2, 0) is 4.79 Å². The van der Waals surface area contributed by atoms with Crippen molar-refractivity contribution in [2.75, 3.05) is 41.7 Å². The zero-order chi connectivity index (χ0) is 33.2. The molecule has 0 saturated carbocycles.